The van der Waals surface area contributed by atoms with Crippen molar-refractivity contribution in [3.05, 3.63) is 6.07 Å². The van der Waals surface area contributed by atoms with Gasteiger partial charge in [0.2, 0.25) is 5.71 Å². The van der Waals surface area contributed by atoms with E-state index in [4.69, 9.17) is 20.4 Å². The van der Waals surface area contributed by atoms with Crippen LogP contribution in [0.5, 0.6) is 0 Å². The molecule has 0 saturated carbocycles. The first-order chi connectivity index (χ1) is 7.74. The number of nitrogen functional groups attached to an aromatic ring is 1. The van der Waals surface area contributed by atoms with E-state index in [1.165, 1.54) is 11.3 Å². The van der Waals surface area contributed by atoms with Crippen LogP contribution in [0.1, 0.15) is 0 Å². The van der Waals surface area contributed by atoms with Crippen LogP contribution in [0.3, 0.4) is 0 Å². The Labute approximate surface area is 95.9 Å². The van der Waals surface area contributed by atoms with Crippen molar-refractivity contribution < 1.29 is 14.6 Å². The zero-order chi connectivity index (χ0) is 11.5. The van der Waals surface area contributed by atoms with Crippen LogP contribution in [0.2, 0.25) is 0 Å². The molecule has 0 aliphatic rings. The molecule has 2 aromatic rings. The SMILES string of the molecule is Nc1cc2sc(N(CCO)CCO)nc2o1. The lowest BCUT2D eigenvalue weighted by Gasteiger charge is -2.18. The molecule has 0 atom stereocenters. The number of nitrogens with two attached hydrogens (primary N) is 1. The predicted molar refractivity (Wildman–Crippen MR) is 62.7 cm³/mol. The highest BCUT2D eigenvalue weighted by Gasteiger charge is 2.14. The number of fused-ring (bicyclic) bond motifs is 1. The molecule has 0 aliphatic carbocycles. The lowest BCUT2D eigenvalue weighted by molar-refractivity contribution is 0.281. The fraction of sp³-hybridized carbons (Fsp3) is 0.444. The third kappa shape index (κ3) is 2.11. The van der Waals surface area contributed by atoms with Gasteiger partial charge >= 0.3 is 0 Å². The first kappa shape index (κ1) is 11.2. The zero-order valence-corrected chi connectivity index (χ0v) is 9.40. The van der Waals surface area contributed by atoms with Crippen molar-refractivity contribution >= 4 is 32.8 Å². The fourth-order valence-electron chi connectivity index (χ4n) is 1.42. The van der Waals surface area contributed by atoms with Gasteiger partial charge in [0, 0.05) is 19.2 Å². The molecule has 0 spiro atoms. The Morgan fingerprint density at radius 3 is 2.62 bits per heavy atom. The molecule has 0 aromatic carbocycles. The normalized spacial score (nSPS) is 11.1. The fourth-order valence-corrected chi connectivity index (χ4v) is 2.41. The number of aliphatic hydroxyl groups excluding tert-OH is 2. The van der Waals surface area contributed by atoms with E-state index in [0.717, 1.165) is 9.83 Å². The van der Waals surface area contributed by atoms with Crippen molar-refractivity contribution in [2.75, 3.05) is 36.9 Å². The van der Waals surface area contributed by atoms with Crippen molar-refractivity contribution in [3.8, 4) is 0 Å². The Morgan fingerprint density at radius 1 is 1.38 bits per heavy atom. The summed E-state index contributed by atoms with van der Waals surface area (Å²) in [4.78, 5) is 6.05. The van der Waals surface area contributed by atoms with Gasteiger partial charge in [-0.15, -0.1) is 0 Å². The van der Waals surface area contributed by atoms with E-state index in [1.807, 2.05) is 0 Å². The summed E-state index contributed by atoms with van der Waals surface area (Å²) in [7, 11) is 0. The van der Waals surface area contributed by atoms with Crippen molar-refractivity contribution in [1.82, 2.24) is 4.98 Å². The largest absolute Gasteiger partial charge is 0.422 e. The number of nitrogens with zero attached hydrogens (tertiary/aromatic N) is 2. The molecular weight excluding hydrogens is 230 g/mol. The van der Waals surface area contributed by atoms with Gasteiger partial charge in [-0.1, -0.05) is 11.3 Å². The number of furan rings is 1. The molecule has 2 aromatic heterocycles. The van der Waals surface area contributed by atoms with Gasteiger partial charge in [-0.05, 0) is 0 Å². The molecule has 6 nitrogen and oxygen atoms in total. The van der Waals surface area contributed by atoms with Crippen LogP contribution in [0, 0.1) is 0 Å². The van der Waals surface area contributed by atoms with E-state index < -0.39 is 0 Å². The minimum Gasteiger partial charge on any atom is -0.422 e. The molecule has 2 rings (SSSR count). The molecule has 88 valence electrons. The van der Waals surface area contributed by atoms with Gasteiger partial charge in [-0.3, -0.25) is 0 Å². The maximum Gasteiger partial charge on any atom is 0.241 e. The predicted octanol–water partition coefficient (Wildman–Crippen LogP) is 0.263. The van der Waals surface area contributed by atoms with Crippen LogP contribution in [0.15, 0.2) is 10.5 Å². The maximum atomic E-state index is 8.90. The lowest BCUT2D eigenvalue weighted by Crippen LogP contribution is -2.29. The molecule has 0 aliphatic heterocycles. The molecule has 0 fully saturated rings. The molecule has 0 unspecified atom stereocenters. The van der Waals surface area contributed by atoms with Gasteiger partial charge in [0.05, 0.1) is 17.9 Å². The Kier molecular flexibility index (Phi) is 3.28. The van der Waals surface area contributed by atoms with Crippen molar-refractivity contribution in [2.24, 2.45) is 0 Å². The topological polar surface area (TPSA) is 95.8 Å². The summed E-state index contributed by atoms with van der Waals surface area (Å²) in [5.74, 6) is 0.344. The smallest absolute Gasteiger partial charge is 0.241 e. The third-order valence-electron chi connectivity index (χ3n) is 2.11. The summed E-state index contributed by atoms with van der Waals surface area (Å²) in [6, 6.07) is 1.71. The van der Waals surface area contributed by atoms with E-state index in [1.54, 1.807) is 11.0 Å². The quantitative estimate of drug-likeness (QED) is 0.697. The van der Waals surface area contributed by atoms with E-state index in [2.05, 4.69) is 4.98 Å². The van der Waals surface area contributed by atoms with E-state index >= 15 is 0 Å². The second-order valence-electron chi connectivity index (χ2n) is 3.25. The van der Waals surface area contributed by atoms with Crippen molar-refractivity contribution in [1.29, 1.82) is 0 Å². The molecule has 2 heterocycles. The molecule has 16 heavy (non-hydrogen) atoms. The number of hydrogen-bond acceptors (Lipinski definition) is 7. The summed E-state index contributed by atoms with van der Waals surface area (Å²) in [6.07, 6.45) is 0. The second-order valence-corrected chi connectivity index (χ2v) is 4.26. The number of thiazole rings is 1. The highest BCUT2D eigenvalue weighted by Crippen LogP contribution is 2.31. The van der Waals surface area contributed by atoms with Crippen LogP contribution in [0.25, 0.3) is 10.4 Å². The first-order valence-corrected chi connectivity index (χ1v) is 5.68. The molecule has 0 amide bonds. The van der Waals surface area contributed by atoms with Gasteiger partial charge in [0.1, 0.15) is 0 Å². The Hall–Kier alpha value is -1.31. The minimum absolute atomic E-state index is 0.0169. The van der Waals surface area contributed by atoms with Crippen LogP contribution in [-0.2, 0) is 0 Å². The monoisotopic (exact) mass is 243 g/mol. The molecule has 0 bridgehead atoms. The Bertz CT molecular complexity index is 430. The number of hydrogen-bond donors (Lipinski definition) is 3. The average Bonchev–Trinajstić information content (AvgIpc) is 2.74. The summed E-state index contributed by atoms with van der Waals surface area (Å²) in [5.41, 5.74) is 5.98. The maximum absolute atomic E-state index is 8.90. The van der Waals surface area contributed by atoms with Gasteiger partial charge in [0.15, 0.2) is 11.0 Å². The van der Waals surface area contributed by atoms with Crippen LogP contribution < -0.4 is 10.6 Å². The highest BCUT2D eigenvalue weighted by atomic mass is 32.1. The molecule has 7 heteroatoms. The molecule has 4 N–H and O–H groups in total. The van der Waals surface area contributed by atoms with Crippen LogP contribution in [-0.4, -0.2) is 41.5 Å². The molecular formula is C9H13N3O3S. The molecule has 0 radical (unpaired) electrons. The number of aromatic nitrogens is 1. The number of aliphatic hydroxyl groups is 2. The van der Waals surface area contributed by atoms with E-state index in [9.17, 15) is 0 Å². The third-order valence-corrected chi connectivity index (χ3v) is 3.15. The van der Waals surface area contributed by atoms with Crippen LogP contribution in [0.4, 0.5) is 11.0 Å². The standard InChI is InChI=1S/C9H13N3O3S/c10-7-5-6-8(15-7)11-9(16-6)12(1-3-13)2-4-14/h5,13-14H,1-4,10H2. The van der Waals surface area contributed by atoms with Gasteiger partial charge in [-0.2, -0.15) is 4.98 Å². The van der Waals surface area contributed by atoms with Crippen LogP contribution >= 0.6 is 11.3 Å². The Balaban J connectivity index is 2.25. The van der Waals surface area contributed by atoms with E-state index in [0.29, 0.717) is 24.7 Å². The number of rotatable bonds is 5. The zero-order valence-electron chi connectivity index (χ0n) is 8.59. The minimum atomic E-state index is 0.0169. The molecule has 0 saturated heterocycles. The summed E-state index contributed by atoms with van der Waals surface area (Å²) < 4.78 is 6.05. The number of anilines is 2. The first-order valence-electron chi connectivity index (χ1n) is 4.87. The van der Waals surface area contributed by atoms with Gasteiger partial charge in [-0.25, -0.2) is 0 Å². The average molecular weight is 243 g/mol. The van der Waals surface area contributed by atoms with Crippen molar-refractivity contribution in [2.45, 2.75) is 0 Å². The summed E-state index contributed by atoms with van der Waals surface area (Å²) in [5, 5.41) is 18.5. The second kappa shape index (κ2) is 4.69. The van der Waals surface area contributed by atoms with E-state index in [-0.39, 0.29) is 13.2 Å². The van der Waals surface area contributed by atoms with Gasteiger partial charge < -0.3 is 25.3 Å². The summed E-state index contributed by atoms with van der Waals surface area (Å²) in [6.45, 7) is 0.907. The van der Waals surface area contributed by atoms with Gasteiger partial charge in [0.25, 0.3) is 0 Å². The Morgan fingerprint density at radius 2 is 2.06 bits per heavy atom. The van der Waals surface area contributed by atoms with Crippen molar-refractivity contribution in [3.63, 3.8) is 0 Å². The highest BCUT2D eigenvalue weighted by molar-refractivity contribution is 7.22. The summed E-state index contributed by atoms with van der Waals surface area (Å²) >= 11 is 1.42. The lowest BCUT2D eigenvalue weighted by atomic mass is 10.5.